The Bertz CT molecular complexity index is 1010. The second-order valence-electron chi connectivity index (χ2n) is 21.5. The van der Waals surface area contributed by atoms with Gasteiger partial charge in [-0.2, -0.15) is 0 Å². The minimum Gasteiger partial charge on any atom is -0.462 e. The summed E-state index contributed by atoms with van der Waals surface area (Å²) in [6.07, 6.45) is 61.0. The molecule has 0 bridgehead atoms. The molecule has 0 saturated carbocycles. The predicted molar refractivity (Wildman–Crippen MR) is 289 cm³/mol. The summed E-state index contributed by atoms with van der Waals surface area (Å²) in [6.45, 7) is 9.08. The van der Waals surface area contributed by atoms with Crippen LogP contribution in [-0.2, 0) is 28.6 Å². The average Bonchev–Trinajstić information content (AvgIpc) is 3.31. The van der Waals surface area contributed by atoms with Crippen LogP contribution < -0.4 is 0 Å². The predicted octanol–water partition coefficient (Wildman–Crippen LogP) is 20.2. The van der Waals surface area contributed by atoms with Crippen LogP contribution in [-0.4, -0.2) is 37.2 Å². The molecule has 1 atom stereocenters. The maximum absolute atomic E-state index is 12.9. The lowest BCUT2D eigenvalue weighted by molar-refractivity contribution is -0.167. The first-order chi connectivity index (χ1) is 32.9. The molecule has 0 aliphatic heterocycles. The lowest BCUT2D eigenvalue weighted by Gasteiger charge is -2.18. The fraction of sp³-hybridized carbons (Fsp3) is 0.951. The molecule has 0 fully saturated rings. The van der Waals surface area contributed by atoms with Crippen LogP contribution >= 0.6 is 0 Å². The number of ether oxygens (including phenoxy) is 3. The van der Waals surface area contributed by atoms with Crippen LogP contribution in [0.2, 0.25) is 0 Å². The van der Waals surface area contributed by atoms with Crippen LogP contribution in [0.25, 0.3) is 0 Å². The zero-order chi connectivity index (χ0) is 48.8. The molecule has 6 heteroatoms. The van der Waals surface area contributed by atoms with E-state index in [2.05, 4.69) is 27.7 Å². The Hall–Kier alpha value is -1.59. The van der Waals surface area contributed by atoms with Crippen molar-refractivity contribution in [3.8, 4) is 0 Å². The van der Waals surface area contributed by atoms with E-state index in [0.29, 0.717) is 19.3 Å². The third-order valence-corrected chi connectivity index (χ3v) is 14.0. The van der Waals surface area contributed by atoms with E-state index in [4.69, 9.17) is 14.2 Å². The highest BCUT2D eigenvalue weighted by molar-refractivity contribution is 5.71. The van der Waals surface area contributed by atoms with Crippen molar-refractivity contribution in [1.82, 2.24) is 0 Å². The zero-order valence-electron chi connectivity index (χ0n) is 45.9. The third-order valence-electron chi connectivity index (χ3n) is 14.0. The van der Waals surface area contributed by atoms with Crippen molar-refractivity contribution in [2.75, 3.05) is 13.2 Å². The largest absolute Gasteiger partial charge is 0.462 e. The van der Waals surface area contributed by atoms with Gasteiger partial charge in [0.25, 0.3) is 0 Å². The Labute approximate surface area is 418 Å². The van der Waals surface area contributed by atoms with E-state index < -0.39 is 6.10 Å². The number of esters is 3. The van der Waals surface area contributed by atoms with Gasteiger partial charge in [-0.25, -0.2) is 0 Å². The van der Waals surface area contributed by atoms with Crippen molar-refractivity contribution in [3.63, 3.8) is 0 Å². The molecule has 0 unspecified atom stereocenters. The van der Waals surface area contributed by atoms with Crippen molar-refractivity contribution in [2.45, 2.75) is 355 Å². The fourth-order valence-corrected chi connectivity index (χ4v) is 9.46. The lowest BCUT2D eigenvalue weighted by Crippen LogP contribution is -2.30. The molecule has 0 aromatic carbocycles. The van der Waals surface area contributed by atoms with Crippen LogP contribution in [0.15, 0.2) is 0 Å². The monoisotopic (exact) mass is 947 g/mol. The number of unbranched alkanes of at least 4 members (excludes halogenated alkanes) is 43. The number of carbonyl (C=O) groups is 3. The number of hydrogen-bond acceptors (Lipinski definition) is 6. The van der Waals surface area contributed by atoms with Gasteiger partial charge < -0.3 is 14.2 Å². The highest BCUT2D eigenvalue weighted by atomic mass is 16.6. The van der Waals surface area contributed by atoms with Gasteiger partial charge in [0, 0.05) is 19.3 Å². The van der Waals surface area contributed by atoms with Crippen molar-refractivity contribution in [2.24, 2.45) is 5.92 Å². The summed E-state index contributed by atoms with van der Waals surface area (Å²) in [6, 6.07) is 0. The Morgan fingerprint density at radius 1 is 0.284 bits per heavy atom. The molecule has 6 nitrogen and oxygen atoms in total. The normalized spacial score (nSPS) is 12.0. The van der Waals surface area contributed by atoms with Gasteiger partial charge in [-0.1, -0.05) is 310 Å². The Kier molecular flexibility index (Phi) is 54.0. The van der Waals surface area contributed by atoms with Crippen molar-refractivity contribution in [1.29, 1.82) is 0 Å². The van der Waals surface area contributed by atoms with E-state index in [-0.39, 0.29) is 31.1 Å². The average molecular weight is 948 g/mol. The molecule has 0 spiro atoms. The van der Waals surface area contributed by atoms with E-state index in [0.717, 1.165) is 63.7 Å². The highest BCUT2D eigenvalue weighted by Gasteiger charge is 2.19. The van der Waals surface area contributed by atoms with Gasteiger partial charge in [-0.3, -0.25) is 14.4 Å². The first kappa shape index (κ1) is 65.4. The summed E-state index contributed by atoms with van der Waals surface area (Å²) in [4.78, 5) is 38.2. The zero-order valence-corrected chi connectivity index (χ0v) is 45.9. The smallest absolute Gasteiger partial charge is 0.306 e. The van der Waals surface area contributed by atoms with Crippen LogP contribution in [0.4, 0.5) is 0 Å². The molecular weight excluding hydrogens is 829 g/mol. The van der Waals surface area contributed by atoms with E-state index in [1.54, 1.807) is 0 Å². The molecule has 0 rings (SSSR count). The van der Waals surface area contributed by atoms with Crippen LogP contribution in [0.1, 0.15) is 349 Å². The standard InChI is InChI=1S/C61H118O6/c1-5-7-9-11-13-15-17-19-20-21-22-25-30-34-38-42-46-50-54-61(64)67-58(55-65-59(62)52-48-44-40-36-32-27-18-16-14-12-10-8-6-2)56-66-60(63)53-49-45-41-37-33-29-26-23-24-28-31-35-39-43-47-51-57(3)4/h57-58H,5-56H2,1-4H3/t58-/m1/s1. The van der Waals surface area contributed by atoms with E-state index in [9.17, 15) is 14.4 Å². The van der Waals surface area contributed by atoms with E-state index in [1.807, 2.05) is 0 Å². The SMILES string of the molecule is CCCCCCCCCCCCCCCCCCCCC(=O)O[C@H](COC(=O)CCCCCCCCCCCCCCC)COC(=O)CCCCCCCCCCCCCCCCCC(C)C. The molecule has 0 aliphatic rings. The van der Waals surface area contributed by atoms with Crippen molar-refractivity contribution < 1.29 is 28.6 Å². The molecule has 0 saturated heterocycles. The maximum Gasteiger partial charge on any atom is 0.306 e. The summed E-state index contributed by atoms with van der Waals surface area (Å²) in [5, 5.41) is 0. The first-order valence-corrected chi connectivity index (χ1v) is 30.4. The minimum absolute atomic E-state index is 0.0615. The molecule has 0 aromatic heterocycles. The van der Waals surface area contributed by atoms with E-state index >= 15 is 0 Å². The van der Waals surface area contributed by atoms with Gasteiger partial charge in [-0.15, -0.1) is 0 Å². The Morgan fingerprint density at radius 3 is 0.731 bits per heavy atom. The lowest BCUT2D eigenvalue weighted by atomic mass is 10.0. The highest BCUT2D eigenvalue weighted by Crippen LogP contribution is 2.18. The van der Waals surface area contributed by atoms with Crippen LogP contribution in [0.5, 0.6) is 0 Å². The number of hydrogen-bond donors (Lipinski definition) is 0. The third kappa shape index (κ3) is 55.2. The van der Waals surface area contributed by atoms with Crippen LogP contribution in [0, 0.1) is 5.92 Å². The van der Waals surface area contributed by atoms with Crippen LogP contribution in [0.3, 0.4) is 0 Å². The summed E-state index contributed by atoms with van der Waals surface area (Å²) >= 11 is 0. The minimum atomic E-state index is -0.762. The molecule has 0 aromatic rings. The Balaban J connectivity index is 4.27. The molecule has 0 heterocycles. The second kappa shape index (κ2) is 55.3. The van der Waals surface area contributed by atoms with Gasteiger partial charge in [0.2, 0.25) is 0 Å². The first-order valence-electron chi connectivity index (χ1n) is 30.4. The maximum atomic E-state index is 12.9. The fourth-order valence-electron chi connectivity index (χ4n) is 9.46. The van der Waals surface area contributed by atoms with Crippen molar-refractivity contribution >= 4 is 17.9 Å². The van der Waals surface area contributed by atoms with Gasteiger partial charge in [0.1, 0.15) is 13.2 Å². The van der Waals surface area contributed by atoms with E-state index in [1.165, 1.54) is 244 Å². The summed E-state index contributed by atoms with van der Waals surface area (Å²) in [5.74, 6) is 0.0178. The molecule has 0 radical (unpaired) electrons. The Morgan fingerprint density at radius 2 is 0.493 bits per heavy atom. The van der Waals surface area contributed by atoms with Gasteiger partial charge >= 0.3 is 17.9 Å². The molecular formula is C61H118O6. The molecule has 67 heavy (non-hydrogen) atoms. The summed E-state index contributed by atoms with van der Waals surface area (Å²) in [7, 11) is 0. The topological polar surface area (TPSA) is 78.9 Å². The quantitative estimate of drug-likeness (QED) is 0.0343. The summed E-state index contributed by atoms with van der Waals surface area (Å²) in [5.41, 5.74) is 0. The number of carbonyl (C=O) groups excluding carboxylic acids is 3. The molecule has 398 valence electrons. The second-order valence-corrected chi connectivity index (χ2v) is 21.5. The molecule has 0 amide bonds. The number of rotatable bonds is 56. The van der Waals surface area contributed by atoms with Gasteiger partial charge in [-0.05, 0) is 25.2 Å². The molecule has 0 N–H and O–H groups in total. The van der Waals surface area contributed by atoms with Gasteiger partial charge in [0.15, 0.2) is 6.10 Å². The van der Waals surface area contributed by atoms with Crippen molar-refractivity contribution in [3.05, 3.63) is 0 Å². The molecule has 0 aliphatic carbocycles. The van der Waals surface area contributed by atoms with Gasteiger partial charge in [0.05, 0.1) is 0 Å². The summed E-state index contributed by atoms with van der Waals surface area (Å²) < 4.78 is 16.9.